The Morgan fingerprint density at radius 1 is 0.438 bits per heavy atom. The summed E-state index contributed by atoms with van der Waals surface area (Å²) in [5.41, 5.74) is 4.69. The number of anilines is 3. The van der Waals surface area contributed by atoms with Gasteiger partial charge in [0, 0.05) is 33.1 Å². The van der Waals surface area contributed by atoms with Gasteiger partial charge in [0.2, 0.25) is 0 Å². The van der Waals surface area contributed by atoms with Crippen molar-refractivity contribution in [2.45, 2.75) is 0 Å². The predicted octanol–water partition coefficient (Wildman–Crippen LogP) is 13.2. The minimum Gasteiger partial charge on any atom is -0.455 e. The molecule has 2 nitrogen and oxygen atoms in total. The average molecular weight is 623 g/mol. The van der Waals surface area contributed by atoms with Crippen LogP contribution in [0.15, 0.2) is 192 Å². The fourth-order valence-electron chi connectivity index (χ4n) is 6.40. The maximum absolute atomic E-state index is 9.48. The minimum atomic E-state index is -0.603. The molecule has 0 saturated heterocycles. The first kappa shape index (κ1) is 20.0. The largest absolute Gasteiger partial charge is 0.455 e. The second-order valence-electron chi connectivity index (χ2n) is 11.4. The zero-order valence-corrected chi connectivity index (χ0v) is 25.6. The van der Waals surface area contributed by atoms with Crippen molar-refractivity contribution < 1.29 is 16.8 Å². The van der Waals surface area contributed by atoms with E-state index in [1.165, 1.54) is 4.90 Å². The predicted molar refractivity (Wildman–Crippen MR) is 202 cm³/mol. The molecule has 0 spiro atoms. The van der Waals surface area contributed by atoms with Crippen LogP contribution in [0.5, 0.6) is 0 Å². The van der Waals surface area contributed by atoms with Crippen LogP contribution >= 0.6 is 0 Å². The maximum Gasteiger partial charge on any atom is 0.143 e. The molecule has 48 heavy (non-hydrogen) atoms. The molecule has 0 radical (unpaired) electrons. The van der Waals surface area contributed by atoms with Gasteiger partial charge < -0.3 is 9.32 Å². The lowest BCUT2D eigenvalue weighted by atomic mass is 9.96. The summed E-state index contributed by atoms with van der Waals surface area (Å²) in [6, 6.07) is 37.1. The number of para-hydroxylation sites is 2. The Bertz CT molecular complexity index is 3010. The van der Waals surface area contributed by atoms with Crippen LogP contribution in [0.3, 0.4) is 0 Å². The second-order valence-corrected chi connectivity index (χ2v) is 11.4. The summed E-state index contributed by atoms with van der Waals surface area (Å²) in [7, 11) is 0. The van der Waals surface area contributed by atoms with Crippen LogP contribution in [0.2, 0.25) is 0 Å². The first-order valence-electron chi connectivity index (χ1n) is 20.1. The normalized spacial score (nSPS) is 14.0. The Balaban J connectivity index is 1.32. The summed E-state index contributed by atoms with van der Waals surface area (Å²) in [5.74, 6) is 0. The van der Waals surface area contributed by atoms with Crippen molar-refractivity contribution in [1.82, 2.24) is 0 Å². The zero-order valence-electron chi connectivity index (χ0n) is 34.6. The highest BCUT2D eigenvalue weighted by Crippen LogP contribution is 2.45. The summed E-state index contributed by atoms with van der Waals surface area (Å²) < 4.78 is 87.9. The molecule has 0 bridgehead atoms. The summed E-state index contributed by atoms with van der Waals surface area (Å²) in [6.45, 7) is 0. The molecule has 0 amide bonds. The molecule has 9 aromatic rings. The van der Waals surface area contributed by atoms with E-state index >= 15 is 0 Å². The molecule has 0 aliphatic heterocycles. The van der Waals surface area contributed by atoms with E-state index in [0.29, 0.717) is 27.9 Å². The van der Waals surface area contributed by atoms with Crippen molar-refractivity contribution in [3.8, 4) is 33.4 Å². The molecule has 9 rings (SSSR count). The molecule has 0 unspecified atom stereocenters. The van der Waals surface area contributed by atoms with Gasteiger partial charge in [-0.1, -0.05) is 145 Å². The first-order valence-corrected chi connectivity index (χ1v) is 15.6. The van der Waals surface area contributed by atoms with Gasteiger partial charge >= 0.3 is 0 Å². The number of furan rings is 1. The number of nitrogens with zero attached hydrogens (tertiary/aromatic N) is 1. The molecule has 2 heteroatoms. The van der Waals surface area contributed by atoms with E-state index in [1.54, 1.807) is 24.3 Å². The second kappa shape index (κ2) is 11.8. The average Bonchev–Trinajstić information content (AvgIpc) is 3.64. The lowest BCUT2D eigenvalue weighted by Gasteiger charge is -2.28. The van der Waals surface area contributed by atoms with Crippen molar-refractivity contribution in [2.75, 3.05) is 4.90 Å². The van der Waals surface area contributed by atoms with Gasteiger partial charge in [0.15, 0.2) is 0 Å². The minimum absolute atomic E-state index is 0.0736. The number of benzene rings is 8. The third-order valence-corrected chi connectivity index (χ3v) is 8.65. The van der Waals surface area contributed by atoms with E-state index in [0.717, 1.165) is 32.7 Å². The lowest BCUT2D eigenvalue weighted by molar-refractivity contribution is 0.673. The van der Waals surface area contributed by atoms with E-state index in [4.69, 9.17) is 11.3 Å². The smallest absolute Gasteiger partial charge is 0.143 e. The lowest BCUT2D eigenvalue weighted by Crippen LogP contribution is -2.11. The molecule has 0 aliphatic carbocycles. The Labute approximate surface area is 292 Å². The molecule has 0 saturated carbocycles. The number of hydrogen-bond donors (Lipinski definition) is 0. The van der Waals surface area contributed by atoms with E-state index < -0.39 is 42.3 Å². The highest BCUT2D eigenvalue weighted by Gasteiger charge is 2.20. The number of hydrogen-bond acceptors (Lipinski definition) is 2. The summed E-state index contributed by atoms with van der Waals surface area (Å²) in [6.07, 6.45) is 0. The molecule has 0 N–H and O–H groups in total. The van der Waals surface area contributed by atoms with Crippen molar-refractivity contribution in [2.24, 2.45) is 0 Å². The fraction of sp³-hybridized carbons (Fsp3) is 0. The standard InChI is InChI=1S/C46H31NO/c1-3-12-32(13-4-1)33-22-24-34(25-23-33)35-26-29-38(30-27-35)47(37-15-5-2-6-16-37)43-20-10-9-18-40(43)41-19-11-21-44-45(41)42-31-28-36-14-7-8-17-39(36)46(42)48-44/h1-31H/i2D,5D,6D,15D,16D,26D,27D,29D,30D. The topological polar surface area (TPSA) is 16.4 Å². The van der Waals surface area contributed by atoms with Gasteiger partial charge in [0.25, 0.3) is 0 Å². The molecule has 0 aliphatic rings. The zero-order chi connectivity index (χ0) is 39.7. The van der Waals surface area contributed by atoms with E-state index in [2.05, 4.69) is 0 Å². The molecule has 0 atom stereocenters. The molecule has 226 valence electrons. The summed E-state index contributed by atoms with van der Waals surface area (Å²) >= 11 is 0. The quantitative estimate of drug-likeness (QED) is 0.183. The molecule has 8 aromatic carbocycles. The Kier molecular flexibility index (Phi) is 4.90. The van der Waals surface area contributed by atoms with Crippen LogP contribution in [-0.4, -0.2) is 0 Å². The highest BCUT2D eigenvalue weighted by molar-refractivity contribution is 6.19. The van der Waals surface area contributed by atoms with Crippen LogP contribution in [0.25, 0.3) is 66.1 Å². The third kappa shape index (κ3) is 4.83. The monoisotopic (exact) mass is 622 g/mol. The van der Waals surface area contributed by atoms with E-state index in [-0.39, 0.29) is 34.7 Å². The number of rotatable bonds is 6. The van der Waals surface area contributed by atoms with Gasteiger partial charge in [-0.05, 0) is 75.6 Å². The highest BCUT2D eigenvalue weighted by atomic mass is 16.3. The van der Waals surface area contributed by atoms with Gasteiger partial charge in [0.05, 0.1) is 18.0 Å². The SMILES string of the molecule is [2H]c1c([2H])c([2H])c(N(c2ccccc2-c2cccc3oc4c5ccccc5ccc4c23)c2c([2H])c([2H])c(-c3ccc(-c4ccccc4)cc3)c([2H])c2[2H])c([2H])c1[2H]. The van der Waals surface area contributed by atoms with Crippen LogP contribution in [0, 0.1) is 0 Å². The van der Waals surface area contributed by atoms with Crippen LogP contribution in [0.4, 0.5) is 17.1 Å². The van der Waals surface area contributed by atoms with E-state index in [9.17, 15) is 5.48 Å². The Morgan fingerprint density at radius 2 is 1.08 bits per heavy atom. The molecule has 1 aromatic heterocycles. The molecule has 1 heterocycles. The van der Waals surface area contributed by atoms with Crippen LogP contribution in [-0.2, 0) is 0 Å². The molecule has 0 fully saturated rings. The number of fused-ring (bicyclic) bond motifs is 5. The maximum atomic E-state index is 9.48. The Morgan fingerprint density at radius 3 is 1.90 bits per heavy atom. The van der Waals surface area contributed by atoms with Gasteiger partial charge in [-0.2, -0.15) is 0 Å². The Hall–Kier alpha value is -6.38. The fourth-order valence-corrected chi connectivity index (χ4v) is 6.40. The van der Waals surface area contributed by atoms with Crippen molar-refractivity contribution in [1.29, 1.82) is 0 Å². The van der Waals surface area contributed by atoms with Crippen molar-refractivity contribution in [3.63, 3.8) is 0 Å². The van der Waals surface area contributed by atoms with E-state index in [1.807, 2.05) is 109 Å². The van der Waals surface area contributed by atoms with Crippen LogP contribution in [0.1, 0.15) is 12.3 Å². The van der Waals surface area contributed by atoms with Gasteiger partial charge in [-0.15, -0.1) is 0 Å². The summed E-state index contributed by atoms with van der Waals surface area (Å²) in [5, 5.41) is 3.57. The molecular weight excluding hydrogens is 583 g/mol. The van der Waals surface area contributed by atoms with Gasteiger partial charge in [-0.25, -0.2) is 0 Å². The van der Waals surface area contributed by atoms with Crippen LogP contribution < -0.4 is 4.90 Å². The third-order valence-electron chi connectivity index (χ3n) is 8.65. The van der Waals surface area contributed by atoms with Crippen molar-refractivity contribution >= 4 is 49.8 Å². The van der Waals surface area contributed by atoms with Gasteiger partial charge in [0.1, 0.15) is 11.2 Å². The van der Waals surface area contributed by atoms with Crippen molar-refractivity contribution in [3.05, 3.63) is 188 Å². The van der Waals surface area contributed by atoms with Gasteiger partial charge in [-0.3, -0.25) is 0 Å². The molecular formula is C46H31NO. The summed E-state index contributed by atoms with van der Waals surface area (Å²) in [4.78, 5) is 1.29. The first-order chi connectivity index (χ1) is 27.6.